The van der Waals surface area contributed by atoms with E-state index >= 15 is 0 Å². The minimum absolute atomic E-state index is 0.0427. The summed E-state index contributed by atoms with van der Waals surface area (Å²) in [5.74, 6) is 0. The minimum Gasteiger partial charge on any atom is -0.334 e. The molecule has 106 valence electrons. The normalized spacial score (nSPS) is 21.3. The van der Waals surface area contributed by atoms with E-state index in [4.69, 9.17) is 0 Å². The first-order chi connectivity index (χ1) is 8.35. The van der Waals surface area contributed by atoms with Gasteiger partial charge < -0.3 is 10.6 Å². The lowest BCUT2D eigenvalue weighted by Crippen LogP contribution is -2.50. The molecular formula is C14H29N3O. The molecule has 1 unspecified atom stereocenters. The number of urea groups is 1. The van der Waals surface area contributed by atoms with Gasteiger partial charge in [-0.05, 0) is 40.0 Å². The zero-order valence-corrected chi connectivity index (χ0v) is 12.5. The van der Waals surface area contributed by atoms with Crippen LogP contribution in [0.4, 0.5) is 4.79 Å². The van der Waals surface area contributed by atoms with Gasteiger partial charge >= 0.3 is 6.03 Å². The second-order valence-electron chi connectivity index (χ2n) is 6.30. The summed E-state index contributed by atoms with van der Waals surface area (Å²) in [7, 11) is 0. The highest BCUT2D eigenvalue weighted by atomic mass is 16.2. The van der Waals surface area contributed by atoms with Crippen molar-refractivity contribution in [1.82, 2.24) is 15.5 Å². The first kappa shape index (κ1) is 15.3. The van der Waals surface area contributed by atoms with Gasteiger partial charge in [-0.3, -0.25) is 4.90 Å². The van der Waals surface area contributed by atoms with Crippen LogP contribution in [0.5, 0.6) is 0 Å². The average Bonchev–Trinajstić information content (AvgIpc) is 2.65. The van der Waals surface area contributed by atoms with Gasteiger partial charge in [0.2, 0.25) is 0 Å². The molecule has 1 heterocycles. The Balaban J connectivity index is 2.36. The molecule has 1 fully saturated rings. The van der Waals surface area contributed by atoms with Crippen LogP contribution < -0.4 is 10.6 Å². The van der Waals surface area contributed by atoms with E-state index in [0.29, 0.717) is 12.1 Å². The molecule has 2 N–H and O–H groups in total. The second kappa shape index (κ2) is 6.41. The summed E-state index contributed by atoms with van der Waals surface area (Å²) in [4.78, 5) is 14.3. The topological polar surface area (TPSA) is 44.4 Å². The number of nitrogens with one attached hydrogen (secondary N) is 2. The standard InChI is InChI=1S/C14H29N3O/c1-6-12(7-2)17-9-8-11(10-17)15-13(18)16-14(3,4)5/h11-12H,6-10H2,1-5H3,(H2,15,16,18). The molecule has 4 nitrogen and oxygen atoms in total. The highest BCUT2D eigenvalue weighted by Crippen LogP contribution is 2.17. The van der Waals surface area contributed by atoms with Crippen molar-refractivity contribution in [2.24, 2.45) is 0 Å². The van der Waals surface area contributed by atoms with Crippen molar-refractivity contribution in [3.63, 3.8) is 0 Å². The van der Waals surface area contributed by atoms with Gasteiger partial charge in [-0.25, -0.2) is 4.79 Å². The minimum atomic E-state index is -0.169. The summed E-state index contributed by atoms with van der Waals surface area (Å²) in [6, 6.07) is 0.925. The molecule has 0 bridgehead atoms. The molecule has 1 aliphatic heterocycles. The van der Waals surface area contributed by atoms with Crippen LogP contribution in [0.15, 0.2) is 0 Å². The van der Waals surface area contributed by atoms with Crippen LogP contribution in [-0.2, 0) is 0 Å². The van der Waals surface area contributed by atoms with E-state index in [2.05, 4.69) is 29.4 Å². The number of hydrogen-bond acceptors (Lipinski definition) is 2. The Labute approximate surface area is 111 Å². The molecular weight excluding hydrogens is 226 g/mol. The van der Waals surface area contributed by atoms with E-state index < -0.39 is 0 Å². The second-order valence-corrected chi connectivity index (χ2v) is 6.30. The zero-order valence-electron chi connectivity index (χ0n) is 12.5. The fourth-order valence-corrected chi connectivity index (χ4v) is 2.60. The van der Waals surface area contributed by atoms with Crippen LogP contribution >= 0.6 is 0 Å². The van der Waals surface area contributed by atoms with Crippen molar-refractivity contribution in [3.8, 4) is 0 Å². The third kappa shape index (κ3) is 4.84. The van der Waals surface area contributed by atoms with Gasteiger partial charge in [0, 0.05) is 30.7 Å². The Morgan fingerprint density at radius 3 is 2.44 bits per heavy atom. The van der Waals surface area contributed by atoms with Crippen LogP contribution in [0.1, 0.15) is 53.9 Å². The number of likely N-dealkylation sites (tertiary alicyclic amines) is 1. The van der Waals surface area contributed by atoms with Crippen molar-refractivity contribution in [3.05, 3.63) is 0 Å². The first-order valence-electron chi connectivity index (χ1n) is 7.18. The van der Waals surface area contributed by atoms with Gasteiger partial charge in [0.1, 0.15) is 0 Å². The summed E-state index contributed by atoms with van der Waals surface area (Å²) in [5.41, 5.74) is -0.169. The third-order valence-corrected chi connectivity index (χ3v) is 3.50. The van der Waals surface area contributed by atoms with E-state index in [1.165, 1.54) is 12.8 Å². The smallest absolute Gasteiger partial charge is 0.315 e. The maximum absolute atomic E-state index is 11.8. The van der Waals surface area contributed by atoms with E-state index in [0.717, 1.165) is 19.5 Å². The molecule has 0 aromatic heterocycles. The molecule has 0 spiro atoms. The summed E-state index contributed by atoms with van der Waals surface area (Å²) in [6.45, 7) is 12.6. The molecule has 18 heavy (non-hydrogen) atoms. The van der Waals surface area contributed by atoms with Crippen molar-refractivity contribution >= 4 is 6.03 Å². The number of carbonyl (C=O) groups excluding carboxylic acids is 1. The van der Waals surface area contributed by atoms with Crippen molar-refractivity contribution in [2.45, 2.75) is 71.5 Å². The fraction of sp³-hybridized carbons (Fsp3) is 0.929. The molecule has 1 atom stereocenters. The van der Waals surface area contributed by atoms with Gasteiger partial charge in [0.15, 0.2) is 0 Å². The maximum atomic E-state index is 11.8. The third-order valence-electron chi connectivity index (χ3n) is 3.50. The summed E-state index contributed by atoms with van der Waals surface area (Å²) < 4.78 is 0. The quantitative estimate of drug-likeness (QED) is 0.810. The van der Waals surface area contributed by atoms with E-state index in [-0.39, 0.29) is 11.6 Å². The molecule has 0 aromatic rings. The highest BCUT2D eigenvalue weighted by molar-refractivity contribution is 5.75. The molecule has 1 saturated heterocycles. The summed E-state index contributed by atoms with van der Waals surface area (Å²) >= 11 is 0. The molecule has 1 rings (SSSR count). The molecule has 0 aliphatic carbocycles. The van der Waals surface area contributed by atoms with E-state index in [1.807, 2.05) is 20.8 Å². The predicted molar refractivity (Wildman–Crippen MR) is 75.8 cm³/mol. The largest absolute Gasteiger partial charge is 0.334 e. The lowest BCUT2D eigenvalue weighted by Gasteiger charge is -2.26. The molecule has 2 amide bonds. The Bertz CT molecular complexity index is 269. The summed E-state index contributed by atoms with van der Waals surface area (Å²) in [6.07, 6.45) is 3.45. The van der Waals surface area contributed by atoms with Crippen LogP contribution in [0.3, 0.4) is 0 Å². The van der Waals surface area contributed by atoms with Gasteiger partial charge in [0.25, 0.3) is 0 Å². The zero-order chi connectivity index (χ0) is 13.8. The van der Waals surface area contributed by atoms with Crippen LogP contribution in [0.25, 0.3) is 0 Å². The molecule has 1 aliphatic rings. The summed E-state index contributed by atoms with van der Waals surface area (Å²) in [5, 5.41) is 6.03. The molecule has 0 radical (unpaired) electrons. The Kier molecular flexibility index (Phi) is 5.45. The maximum Gasteiger partial charge on any atom is 0.315 e. The molecule has 0 aromatic carbocycles. The van der Waals surface area contributed by atoms with Crippen molar-refractivity contribution in [1.29, 1.82) is 0 Å². The Morgan fingerprint density at radius 1 is 1.33 bits per heavy atom. The molecule has 4 heteroatoms. The Hall–Kier alpha value is -0.770. The SMILES string of the molecule is CCC(CC)N1CCC(NC(=O)NC(C)(C)C)C1. The number of amides is 2. The van der Waals surface area contributed by atoms with Crippen LogP contribution in [0.2, 0.25) is 0 Å². The van der Waals surface area contributed by atoms with Gasteiger partial charge in [0.05, 0.1) is 0 Å². The molecule has 0 saturated carbocycles. The highest BCUT2D eigenvalue weighted by Gasteiger charge is 2.28. The van der Waals surface area contributed by atoms with Gasteiger partial charge in [-0.15, -0.1) is 0 Å². The van der Waals surface area contributed by atoms with Crippen molar-refractivity contribution in [2.75, 3.05) is 13.1 Å². The van der Waals surface area contributed by atoms with Crippen LogP contribution in [-0.4, -0.2) is 41.6 Å². The number of rotatable bonds is 4. The fourth-order valence-electron chi connectivity index (χ4n) is 2.60. The number of carbonyl (C=O) groups is 1. The van der Waals surface area contributed by atoms with E-state index in [9.17, 15) is 4.79 Å². The monoisotopic (exact) mass is 255 g/mol. The average molecular weight is 255 g/mol. The lowest BCUT2D eigenvalue weighted by molar-refractivity contribution is 0.216. The number of nitrogens with zero attached hydrogens (tertiary/aromatic N) is 1. The van der Waals surface area contributed by atoms with Crippen molar-refractivity contribution < 1.29 is 4.79 Å². The predicted octanol–water partition coefficient (Wildman–Crippen LogP) is 2.35. The number of hydrogen-bond donors (Lipinski definition) is 2. The first-order valence-corrected chi connectivity index (χ1v) is 7.18. The lowest BCUT2D eigenvalue weighted by atomic mass is 10.1. The van der Waals surface area contributed by atoms with Gasteiger partial charge in [-0.2, -0.15) is 0 Å². The van der Waals surface area contributed by atoms with Crippen LogP contribution in [0, 0.1) is 0 Å². The van der Waals surface area contributed by atoms with E-state index in [1.54, 1.807) is 0 Å². The Morgan fingerprint density at radius 2 is 1.94 bits per heavy atom. The van der Waals surface area contributed by atoms with Gasteiger partial charge in [-0.1, -0.05) is 13.8 Å².